The van der Waals surface area contributed by atoms with Gasteiger partial charge in [0.05, 0.1) is 24.2 Å². The Morgan fingerprint density at radius 2 is 1.96 bits per heavy atom. The summed E-state index contributed by atoms with van der Waals surface area (Å²) in [4.78, 5) is 3.71. The molecule has 0 saturated carbocycles. The number of hydrogen-bond acceptors (Lipinski definition) is 4. The van der Waals surface area contributed by atoms with Crippen LogP contribution >= 0.6 is 0 Å². The van der Waals surface area contributed by atoms with E-state index in [0.717, 1.165) is 24.2 Å². The van der Waals surface area contributed by atoms with E-state index in [0.29, 0.717) is 19.5 Å². The van der Waals surface area contributed by atoms with E-state index in [1.54, 1.807) is 17.2 Å². The van der Waals surface area contributed by atoms with Gasteiger partial charge in [-0.05, 0) is 36.6 Å². The van der Waals surface area contributed by atoms with E-state index in [1.807, 2.05) is 38.1 Å². The van der Waals surface area contributed by atoms with Crippen molar-refractivity contribution in [3.8, 4) is 11.8 Å². The molecule has 2 unspecified atom stereocenters. The van der Waals surface area contributed by atoms with Crippen molar-refractivity contribution in [1.82, 2.24) is 19.9 Å². The Kier molecular flexibility index (Phi) is 5.14. The highest BCUT2D eigenvalue weighted by Gasteiger charge is 2.45. The largest absolute Gasteiger partial charge is 0.296 e. The van der Waals surface area contributed by atoms with Gasteiger partial charge in [0.1, 0.15) is 6.17 Å². The maximum absolute atomic E-state index is 14.9. The number of piperidine rings is 1. The Bertz CT molecular complexity index is 719. The van der Waals surface area contributed by atoms with Crippen molar-refractivity contribution in [1.29, 1.82) is 5.26 Å². The Morgan fingerprint density at radius 3 is 2.52 bits per heavy atom. The summed E-state index contributed by atoms with van der Waals surface area (Å²) in [5.74, 6) is 0.171. The van der Waals surface area contributed by atoms with Crippen LogP contribution in [0.25, 0.3) is 5.69 Å². The van der Waals surface area contributed by atoms with Gasteiger partial charge >= 0.3 is 0 Å². The summed E-state index contributed by atoms with van der Waals surface area (Å²) in [6.07, 6.45) is 3.35. The van der Waals surface area contributed by atoms with E-state index in [4.69, 9.17) is 5.26 Å². The number of benzene rings is 1. The van der Waals surface area contributed by atoms with Crippen molar-refractivity contribution in [3.05, 3.63) is 42.2 Å². The molecule has 2 heterocycles. The second kappa shape index (κ2) is 7.32. The summed E-state index contributed by atoms with van der Waals surface area (Å²) >= 11 is 0. The van der Waals surface area contributed by atoms with Gasteiger partial charge in [0, 0.05) is 24.9 Å². The van der Waals surface area contributed by atoms with Crippen LogP contribution in [0.4, 0.5) is 4.39 Å². The normalized spacial score (nSPS) is 24.4. The zero-order chi connectivity index (χ0) is 17.9. The van der Waals surface area contributed by atoms with E-state index in [-0.39, 0.29) is 5.92 Å². The van der Waals surface area contributed by atoms with Crippen molar-refractivity contribution in [3.63, 3.8) is 0 Å². The van der Waals surface area contributed by atoms with Crippen LogP contribution < -0.4 is 0 Å². The minimum absolute atomic E-state index is 0.171. The molecule has 3 rings (SSSR count). The average Bonchev–Trinajstić information content (AvgIpc) is 3.12. The highest BCUT2D eigenvalue weighted by Crippen LogP contribution is 2.43. The van der Waals surface area contributed by atoms with Gasteiger partial charge in [0.2, 0.25) is 0 Å². The predicted molar refractivity (Wildman–Crippen MR) is 93.7 cm³/mol. The summed E-state index contributed by atoms with van der Waals surface area (Å²) in [7, 11) is 0. The first-order valence-electron chi connectivity index (χ1n) is 8.74. The monoisotopic (exact) mass is 341 g/mol. The van der Waals surface area contributed by atoms with E-state index in [1.165, 1.54) is 0 Å². The van der Waals surface area contributed by atoms with Crippen LogP contribution in [-0.4, -0.2) is 39.2 Å². The molecule has 6 heteroatoms. The first-order valence-corrected chi connectivity index (χ1v) is 8.74. The number of rotatable bonds is 5. The van der Waals surface area contributed by atoms with E-state index >= 15 is 0 Å². The Hall–Kier alpha value is -2.26. The molecule has 1 aromatic heterocycles. The first-order chi connectivity index (χ1) is 12.0. The summed E-state index contributed by atoms with van der Waals surface area (Å²) in [6.45, 7) is 5.99. The van der Waals surface area contributed by atoms with Gasteiger partial charge in [-0.15, -0.1) is 0 Å². The lowest BCUT2D eigenvalue weighted by atomic mass is 9.67. The summed E-state index contributed by atoms with van der Waals surface area (Å²) < 4.78 is 14.9. The van der Waals surface area contributed by atoms with Crippen LogP contribution in [0.5, 0.6) is 0 Å². The standard InChI is InChI=1S/C19H24FN5/c1-15(2)19(7-9-21)8-12-24(14-18(19)20)13-16-3-5-17(6-4-16)25-22-10-11-23-25/h3-6,10-11,15,18H,7-8,12-14H2,1-2H3. The average molecular weight is 341 g/mol. The Morgan fingerprint density at radius 1 is 1.28 bits per heavy atom. The minimum atomic E-state index is -0.964. The Labute approximate surface area is 148 Å². The van der Waals surface area contributed by atoms with Gasteiger partial charge in [0.25, 0.3) is 0 Å². The number of nitrogens with zero attached hydrogens (tertiary/aromatic N) is 5. The van der Waals surface area contributed by atoms with Gasteiger partial charge in [-0.3, -0.25) is 4.90 Å². The van der Waals surface area contributed by atoms with Gasteiger partial charge in [-0.1, -0.05) is 26.0 Å². The maximum Gasteiger partial charge on any atom is 0.120 e. The first kappa shape index (κ1) is 17.6. The molecule has 2 aromatic rings. The molecular weight excluding hydrogens is 317 g/mol. The molecule has 0 aliphatic carbocycles. The fourth-order valence-electron chi connectivity index (χ4n) is 3.71. The summed E-state index contributed by atoms with van der Waals surface area (Å²) in [5.41, 5.74) is 1.55. The molecule has 1 fully saturated rings. The third-order valence-electron chi connectivity index (χ3n) is 5.49. The van der Waals surface area contributed by atoms with E-state index in [2.05, 4.69) is 21.2 Å². The lowest BCUT2D eigenvalue weighted by molar-refractivity contribution is -0.0253. The molecule has 1 saturated heterocycles. The molecule has 0 spiro atoms. The molecule has 0 bridgehead atoms. The molecule has 0 N–H and O–H groups in total. The van der Waals surface area contributed by atoms with Crippen LogP contribution in [0.3, 0.4) is 0 Å². The third kappa shape index (κ3) is 3.57. The second-order valence-electron chi connectivity index (χ2n) is 7.16. The third-order valence-corrected chi connectivity index (χ3v) is 5.49. The summed E-state index contributed by atoms with van der Waals surface area (Å²) in [5, 5.41) is 17.3. The van der Waals surface area contributed by atoms with Crippen molar-refractivity contribution >= 4 is 0 Å². The lowest BCUT2D eigenvalue weighted by Gasteiger charge is -2.46. The maximum atomic E-state index is 14.9. The zero-order valence-corrected chi connectivity index (χ0v) is 14.8. The summed E-state index contributed by atoms with van der Waals surface area (Å²) in [6, 6.07) is 10.2. The number of hydrogen-bond donors (Lipinski definition) is 0. The molecule has 1 aliphatic rings. The van der Waals surface area contributed by atoms with Crippen molar-refractivity contribution < 1.29 is 4.39 Å². The quantitative estimate of drug-likeness (QED) is 0.837. The SMILES string of the molecule is CC(C)C1(CC#N)CCN(Cc2ccc(-n3nccn3)cc2)CC1F. The van der Waals surface area contributed by atoms with Crippen molar-refractivity contribution in [2.45, 2.75) is 39.4 Å². The highest BCUT2D eigenvalue weighted by atomic mass is 19.1. The van der Waals surface area contributed by atoms with Crippen LogP contribution in [0.2, 0.25) is 0 Å². The molecular formula is C19H24FN5. The van der Waals surface area contributed by atoms with Crippen molar-refractivity contribution in [2.24, 2.45) is 11.3 Å². The van der Waals surface area contributed by atoms with Crippen LogP contribution in [-0.2, 0) is 6.54 Å². The molecule has 132 valence electrons. The topological polar surface area (TPSA) is 57.7 Å². The number of aromatic nitrogens is 3. The number of nitriles is 1. The van der Waals surface area contributed by atoms with Gasteiger partial charge in [0.15, 0.2) is 0 Å². The van der Waals surface area contributed by atoms with E-state index < -0.39 is 11.6 Å². The zero-order valence-electron chi connectivity index (χ0n) is 14.8. The lowest BCUT2D eigenvalue weighted by Crippen LogP contribution is -2.51. The smallest absolute Gasteiger partial charge is 0.120 e. The fraction of sp³-hybridized carbons (Fsp3) is 0.526. The Balaban J connectivity index is 1.64. The van der Waals surface area contributed by atoms with Gasteiger partial charge < -0.3 is 0 Å². The fourth-order valence-corrected chi connectivity index (χ4v) is 3.71. The highest BCUT2D eigenvalue weighted by molar-refractivity contribution is 5.32. The minimum Gasteiger partial charge on any atom is -0.296 e. The molecule has 2 atom stereocenters. The molecule has 0 amide bonds. The molecule has 1 aliphatic heterocycles. The van der Waals surface area contributed by atoms with Crippen LogP contribution in [0, 0.1) is 22.7 Å². The number of alkyl halides is 1. The molecule has 0 radical (unpaired) electrons. The van der Waals surface area contributed by atoms with Gasteiger partial charge in [-0.2, -0.15) is 20.3 Å². The van der Waals surface area contributed by atoms with E-state index in [9.17, 15) is 4.39 Å². The predicted octanol–water partition coefficient (Wildman–Crippen LogP) is 3.37. The van der Waals surface area contributed by atoms with Gasteiger partial charge in [-0.25, -0.2) is 4.39 Å². The van der Waals surface area contributed by atoms with Crippen LogP contribution in [0.1, 0.15) is 32.3 Å². The molecule has 5 nitrogen and oxygen atoms in total. The molecule has 25 heavy (non-hydrogen) atoms. The van der Waals surface area contributed by atoms with Crippen LogP contribution in [0.15, 0.2) is 36.7 Å². The number of halogens is 1. The molecule has 1 aromatic carbocycles. The second-order valence-corrected chi connectivity index (χ2v) is 7.16. The number of likely N-dealkylation sites (tertiary alicyclic amines) is 1. The van der Waals surface area contributed by atoms with Crippen molar-refractivity contribution in [2.75, 3.05) is 13.1 Å².